The molecule has 3 aromatic rings. The SMILES string of the molecule is COC(=O)[C@H](Cc1ccc(NC(=O)c2c(Cl)cncc2Cl)cc1)NC(=O)C1C[C@@H](N2CC(F)(F)C2)CN1S(=O)(=O)c1cccc(C#N)c1. The zero-order valence-corrected chi connectivity index (χ0v) is 27.5. The van der Waals surface area contributed by atoms with E-state index in [-0.39, 0.29) is 45.5 Å². The summed E-state index contributed by atoms with van der Waals surface area (Å²) in [6.07, 6.45) is 2.39. The predicted octanol–water partition coefficient (Wildman–Crippen LogP) is 3.50. The zero-order valence-electron chi connectivity index (χ0n) is 25.2. The third kappa shape index (κ3) is 7.58. The summed E-state index contributed by atoms with van der Waals surface area (Å²) in [6, 6.07) is 10.1. The number of rotatable bonds is 10. The largest absolute Gasteiger partial charge is 0.467 e. The number of halogens is 4. The number of nitriles is 1. The van der Waals surface area contributed by atoms with Gasteiger partial charge in [0, 0.05) is 37.1 Å². The standard InChI is InChI=1S/C31H28Cl2F2N6O6S/c1-47-30(44)25(10-18-5-7-20(8-6-18)38-29(43)27-23(32)13-37-14-24(27)33)39-28(42)26-11-21(40-16-31(34,35)17-40)15-41(26)48(45,46)22-4-2-3-19(9-22)12-36/h2-9,13-14,21,25-26H,10-11,15-17H2,1H3,(H,38,43)(H,39,42)/t21-,25+,26?/m1/s1. The lowest BCUT2D eigenvalue weighted by Gasteiger charge is -2.42. The van der Waals surface area contributed by atoms with Gasteiger partial charge in [0.05, 0.1) is 52.3 Å². The van der Waals surface area contributed by atoms with E-state index in [4.69, 9.17) is 27.9 Å². The van der Waals surface area contributed by atoms with Crippen LogP contribution < -0.4 is 10.6 Å². The molecule has 2 aromatic carbocycles. The molecule has 252 valence electrons. The Labute approximate surface area is 284 Å². The first-order valence-corrected chi connectivity index (χ1v) is 16.6. The van der Waals surface area contributed by atoms with Crippen LogP contribution in [0.3, 0.4) is 0 Å². The van der Waals surface area contributed by atoms with Crippen LogP contribution in [0.2, 0.25) is 10.0 Å². The smallest absolute Gasteiger partial charge is 0.328 e. The Kier molecular flexibility index (Phi) is 10.3. The Hall–Kier alpha value is -4.20. The number of nitrogens with one attached hydrogen (secondary N) is 2. The molecular weight excluding hydrogens is 693 g/mol. The maximum absolute atomic E-state index is 13.8. The molecule has 12 nitrogen and oxygen atoms in total. The molecule has 0 aliphatic carbocycles. The Balaban J connectivity index is 1.33. The second-order valence-corrected chi connectivity index (χ2v) is 14.0. The van der Waals surface area contributed by atoms with Crippen molar-refractivity contribution in [1.82, 2.24) is 19.5 Å². The Bertz CT molecular complexity index is 1860. The van der Waals surface area contributed by atoms with Crippen molar-refractivity contribution in [3.63, 3.8) is 0 Å². The summed E-state index contributed by atoms with van der Waals surface area (Å²) in [5.74, 6) is -5.12. The van der Waals surface area contributed by atoms with E-state index >= 15 is 0 Å². The molecule has 2 fully saturated rings. The monoisotopic (exact) mass is 720 g/mol. The lowest BCUT2D eigenvalue weighted by molar-refractivity contribution is -0.146. The highest BCUT2D eigenvalue weighted by Gasteiger charge is 2.53. The second-order valence-electron chi connectivity index (χ2n) is 11.3. The highest BCUT2D eigenvalue weighted by atomic mass is 35.5. The van der Waals surface area contributed by atoms with E-state index < -0.39 is 64.9 Å². The summed E-state index contributed by atoms with van der Waals surface area (Å²) < 4.78 is 60.8. The van der Waals surface area contributed by atoms with E-state index in [2.05, 4.69) is 15.6 Å². The molecule has 2 N–H and O–H groups in total. The number of sulfonamides is 1. The fourth-order valence-electron chi connectivity index (χ4n) is 5.61. The average molecular weight is 722 g/mol. The number of amides is 2. The molecule has 17 heteroatoms. The zero-order chi connectivity index (χ0) is 34.8. The molecule has 1 aromatic heterocycles. The molecule has 5 rings (SSSR count). The minimum absolute atomic E-state index is 0.0386. The van der Waals surface area contributed by atoms with Crippen LogP contribution in [0.5, 0.6) is 0 Å². The quantitative estimate of drug-likeness (QED) is 0.299. The number of alkyl halides is 2. The lowest BCUT2D eigenvalue weighted by Crippen LogP contribution is -2.60. The number of methoxy groups -OCH3 is 1. The number of pyridine rings is 1. The Morgan fingerprint density at radius 3 is 2.40 bits per heavy atom. The highest BCUT2D eigenvalue weighted by molar-refractivity contribution is 7.89. The van der Waals surface area contributed by atoms with Crippen LogP contribution in [-0.4, -0.2) is 91.2 Å². The van der Waals surface area contributed by atoms with Crippen LogP contribution in [0.1, 0.15) is 27.9 Å². The Morgan fingerprint density at radius 1 is 1.12 bits per heavy atom. The normalized spacial score (nSPS) is 19.8. The van der Waals surface area contributed by atoms with Crippen molar-refractivity contribution in [1.29, 1.82) is 5.26 Å². The van der Waals surface area contributed by atoms with Crippen LogP contribution in [-0.2, 0) is 30.8 Å². The summed E-state index contributed by atoms with van der Waals surface area (Å²) >= 11 is 12.1. The van der Waals surface area contributed by atoms with Crippen molar-refractivity contribution < 1.29 is 36.3 Å². The van der Waals surface area contributed by atoms with Gasteiger partial charge in [0.25, 0.3) is 11.8 Å². The number of aromatic nitrogens is 1. The van der Waals surface area contributed by atoms with Gasteiger partial charge in [0.1, 0.15) is 12.1 Å². The number of esters is 1. The van der Waals surface area contributed by atoms with Crippen molar-refractivity contribution in [3.8, 4) is 6.07 Å². The van der Waals surface area contributed by atoms with Gasteiger partial charge in [-0.1, -0.05) is 41.4 Å². The number of hydrogen-bond acceptors (Lipinski definition) is 9. The first-order valence-electron chi connectivity index (χ1n) is 14.4. The van der Waals surface area contributed by atoms with E-state index in [0.29, 0.717) is 11.3 Å². The van der Waals surface area contributed by atoms with Gasteiger partial charge in [-0.3, -0.25) is 19.5 Å². The molecule has 2 saturated heterocycles. The van der Waals surface area contributed by atoms with Gasteiger partial charge in [0.2, 0.25) is 15.9 Å². The topological polar surface area (TPSA) is 162 Å². The van der Waals surface area contributed by atoms with E-state index in [1.807, 2.05) is 6.07 Å². The number of likely N-dealkylation sites (tertiary alicyclic amines) is 1. The third-order valence-electron chi connectivity index (χ3n) is 8.03. The van der Waals surface area contributed by atoms with Crippen molar-refractivity contribution in [2.24, 2.45) is 0 Å². The number of nitrogens with zero attached hydrogens (tertiary/aromatic N) is 4. The predicted molar refractivity (Wildman–Crippen MR) is 170 cm³/mol. The fourth-order valence-corrected chi connectivity index (χ4v) is 7.82. The third-order valence-corrected chi connectivity index (χ3v) is 10.5. The molecule has 0 radical (unpaired) electrons. The summed E-state index contributed by atoms with van der Waals surface area (Å²) in [6.45, 7) is -1.40. The van der Waals surface area contributed by atoms with Gasteiger partial charge >= 0.3 is 5.97 Å². The summed E-state index contributed by atoms with van der Waals surface area (Å²) in [4.78, 5) is 44.2. The van der Waals surface area contributed by atoms with Crippen LogP contribution in [0, 0.1) is 11.3 Å². The minimum atomic E-state index is -4.37. The maximum Gasteiger partial charge on any atom is 0.328 e. The van der Waals surface area contributed by atoms with Crippen molar-refractivity contribution in [2.45, 2.75) is 41.8 Å². The van der Waals surface area contributed by atoms with E-state index in [1.54, 1.807) is 24.3 Å². The summed E-state index contributed by atoms with van der Waals surface area (Å²) in [5, 5.41) is 14.6. The summed E-state index contributed by atoms with van der Waals surface area (Å²) in [7, 11) is -3.24. The number of anilines is 1. The molecule has 0 spiro atoms. The number of carbonyl (C=O) groups is 3. The van der Waals surface area contributed by atoms with Crippen molar-refractivity contribution in [3.05, 3.63) is 87.7 Å². The van der Waals surface area contributed by atoms with Crippen molar-refractivity contribution >= 4 is 56.7 Å². The van der Waals surface area contributed by atoms with Crippen molar-refractivity contribution in [2.75, 3.05) is 32.1 Å². The van der Waals surface area contributed by atoms with Gasteiger partial charge < -0.3 is 15.4 Å². The number of ether oxygens (including phenoxy) is 1. The molecule has 3 atom stereocenters. The molecule has 48 heavy (non-hydrogen) atoms. The molecule has 1 unspecified atom stereocenters. The minimum Gasteiger partial charge on any atom is -0.467 e. The maximum atomic E-state index is 13.8. The first kappa shape index (κ1) is 35.1. The van der Waals surface area contributed by atoms with Gasteiger partial charge in [-0.25, -0.2) is 22.0 Å². The van der Waals surface area contributed by atoms with E-state index in [1.165, 1.54) is 41.6 Å². The van der Waals surface area contributed by atoms with Gasteiger partial charge in [0.15, 0.2) is 0 Å². The lowest BCUT2D eigenvalue weighted by atomic mass is 10.0. The Morgan fingerprint density at radius 2 is 1.79 bits per heavy atom. The molecule has 2 aliphatic heterocycles. The highest BCUT2D eigenvalue weighted by Crippen LogP contribution is 2.36. The summed E-state index contributed by atoms with van der Waals surface area (Å²) in [5.41, 5.74) is 1.04. The molecule has 3 heterocycles. The molecule has 2 aliphatic rings. The van der Waals surface area contributed by atoms with Gasteiger partial charge in [-0.15, -0.1) is 0 Å². The number of benzene rings is 2. The molecule has 0 bridgehead atoms. The molecular formula is C31H28Cl2F2N6O6S. The fraction of sp³-hybridized carbons (Fsp3) is 0.323. The van der Waals surface area contributed by atoms with E-state index in [9.17, 15) is 36.8 Å². The van der Waals surface area contributed by atoms with Crippen LogP contribution in [0.15, 0.2) is 65.8 Å². The number of carbonyl (C=O) groups excluding carboxylic acids is 3. The van der Waals surface area contributed by atoms with Crippen LogP contribution in [0.25, 0.3) is 0 Å². The number of hydrogen-bond donors (Lipinski definition) is 2. The second kappa shape index (κ2) is 14.1. The van der Waals surface area contributed by atoms with Gasteiger partial charge in [-0.2, -0.15) is 9.57 Å². The van der Waals surface area contributed by atoms with E-state index in [0.717, 1.165) is 11.4 Å². The molecule has 2 amide bonds. The van der Waals surface area contributed by atoms with Crippen LogP contribution >= 0.6 is 23.2 Å². The first-order chi connectivity index (χ1) is 22.7. The van der Waals surface area contributed by atoms with Crippen LogP contribution in [0.4, 0.5) is 14.5 Å². The average Bonchev–Trinajstić information content (AvgIpc) is 3.50. The van der Waals surface area contributed by atoms with Gasteiger partial charge in [-0.05, 0) is 42.3 Å². The molecule has 0 saturated carbocycles.